The second kappa shape index (κ2) is 15.4. The second-order valence-electron chi connectivity index (χ2n) is 13.5. The molecule has 1 unspecified atom stereocenters. The summed E-state index contributed by atoms with van der Waals surface area (Å²) in [5, 5.41) is 13.7. The largest absolute Gasteiger partial charge is 0.481 e. The monoisotopic (exact) mass is 714 g/mol. The molecule has 3 heterocycles. The van der Waals surface area contributed by atoms with Crippen LogP contribution < -0.4 is 5.32 Å². The number of methoxy groups -OCH3 is 2. The number of carboxylic acid groups (broad SMARTS) is 1. The van der Waals surface area contributed by atoms with Crippen molar-refractivity contribution in [3.05, 3.63) is 63.8 Å². The van der Waals surface area contributed by atoms with Crippen LogP contribution in [0.25, 0.3) is 10.9 Å². The Balaban J connectivity index is 1.14. The summed E-state index contributed by atoms with van der Waals surface area (Å²) in [5.41, 5.74) is 2.38. The number of aryl methyl sites for hydroxylation is 1. The maximum Gasteiger partial charge on any atom is 0.306 e. The summed E-state index contributed by atoms with van der Waals surface area (Å²) in [6.45, 7) is 2.31. The fraction of sp³-hybridized carbons (Fsp3) is 0.528. The molecule has 3 aliphatic rings. The van der Waals surface area contributed by atoms with Crippen LogP contribution in [0.3, 0.4) is 0 Å². The molecule has 3 fully saturated rings. The number of amides is 2. The van der Waals surface area contributed by atoms with E-state index in [2.05, 4.69) is 10.2 Å². The quantitative estimate of drug-likeness (QED) is 0.276. The topological polar surface area (TPSA) is 123 Å². The van der Waals surface area contributed by atoms with E-state index in [9.17, 15) is 19.5 Å². The molecule has 2 aliphatic heterocycles. The van der Waals surface area contributed by atoms with Crippen molar-refractivity contribution in [1.29, 1.82) is 0 Å². The number of para-hydroxylation sites is 1. The van der Waals surface area contributed by atoms with Gasteiger partial charge < -0.3 is 34.1 Å². The fourth-order valence-electron chi connectivity index (χ4n) is 7.66. The molecular formula is C36H44Cl2N4O7. The first-order chi connectivity index (χ1) is 23.6. The number of likely N-dealkylation sites (tertiary alicyclic amines) is 2. The van der Waals surface area contributed by atoms with Gasteiger partial charge in [-0.3, -0.25) is 19.3 Å². The third-order valence-electron chi connectivity index (χ3n) is 10.5. The van der Waals surface area contributed by atoms with Gasteiger partial charge >= 0.3 is 5.97 Å². The molecule has 13 heteroatoms. The number of ether oxygens (including phenoxy) is 3. The summed E-state index contributed by atoms with van der Waals surface area (Å²) in [6.07, 6.45) is 4.99. The molecule has 11 nitrogen and oxygen atoms in total. The normalized spacial score (nSPS) is 26.0. The summed E-state index contributed by atoms with van der Waals surface area (Å²) in [4.78, 5) is 42.9. The third kappa shape index (κ3) is 7.77. The molecule has 1 saturated carbocycles. The van der Waals surface area contributed by atoms with Crippen LogP contribution in [0.5, 0.6) is 0 Å². The van der Waals surface area contributed by atoms with Gasteiger partial charge in [-0.1, -0.05) is 41.4 Å². The lowest BCUT2D eigenvalue weighted by atomic mass is 9.87. The number of hydrogen-bond donors (Lipinski definition) is 2. The Morgan fingerprint density at radius 2 is 1.65 bits per heavy atom. The van der Waals surface area contributed by atoms with Crippen LogP contribution in [-0.4, -0.2) is 108 Å². The van der Waals surface area contributed by atoms with Crippen LogP contribution in [0.2, 0.25) is 10.0 Å². The lowest BCUT2D eigenvalue weighted by Crippen LogP contribution is -2.41. The van der Waals surface area contributed by atoms with Crippen LogP contribution in [0.15, 0.2) is 42.6 Å². The number of anilines is 1. The number of halogens is 2. The molecule has 49 heavy (non-hydrogen) atoms. The number of nitrogens with zero attached hydrogens (tertiary/aromatic N) is 3. The summed E-state index contributed by atoms with van der Waals surface area (Å²) in [7, 11) is 5.27. The minimum absolute atomic E-state index is 0.0287. The molecule has 4 atom stereocenters. The zero-order chi connectivity index (χ0) is 34.8. The lowest BCUT2D eigenvalue weighted by molar-refractivity contribution is -0.144. The molecular weight excluding hydrogens is 671 g/mol. The number of fused-ring (bicyclic) bond motifs is 1. The van der Waals surface area contributed by atoms with Gasteiger partial charge in [0.05, 0.1) is 59.6 Å². The van der Waals surface area contributed by atoms with Crippen LogP contribution in [0, 0.1) is 5.92 Å². The van der Waals surface area contributed by atoms with Gasteiger partial charge in [-0.05, 0) is 55.9 Å². The van der Waals surface area contributed by atoms with Crippen LogP contribution >= 0.6 is 23.2 Å². The van der Waals surface area contributed by atoms with Gasteiger partial charge in [0.2, 0.25) is 5.91 Å². The number of hydrogen-bond acceptors (Lipinski definition) is 7. The Morgan fingerprint density at radius 1 is 0.959 bits per heavy atom. The Morgan fingerprint density at radius 3 is 2.33 bits per heavy atom. The Bertz CT molecular complexity index is 1680. The van der Waals surface area contributed by atoms with Gasteiger partial charge in [-0.25, -0.2) is 0 Å². The van der Waals surface area contributed by atoms with E-state index < -0.39 is 5.97 Å². The average molecular weight is 716 g/mol. The molecule has 1 aliphatic carbocycles. The minimum Gasteiger partial charge on any atom is -0.481 e. The van der Waals surface area contributed by atoms with Crippen molar-refractivity contribution in [1.82, 2.24) is 14.4 Å². The van der Waals surface area contributed by atoms with E-state index in [1.807, 2.05) is 40.8 Å². The zero-order valence-electron chi connectivity index (χ0n) is 28.1. The Hall–Kier alpha value is -3.19. The number of carbonyl (C=O) groups is 3. The number of benzene rings is 2. The number of aliphatic carboxylic acids is 1. The number of carboxylic acids is 1. The molecule has 264 valence electrons. The maximum absolute atomic E-state index is 14.0. The molecule has 2 aromatic carbocycles. The molecule has 3 aromatic rings. The van der Waals surface area contributed by atoms with Crippen molar-refractivity contribution in [2.24, 2.45) is 13.0 Å². The third-order valence-corrected chi connectivity index (χ3v) is 11.2. The molecule has 0 spiro atoms. The number of rotatable bonds is 11. The van der Waals surface area contributed by atoms with Gasteiger partial charge in [0.15, 0.2) is 0 Å². The number of aromatic nitrogens is 1. The van der Waals surface area contributed by atoms with Crippen molar-refractivity contribution >= 4 is 57.6 Å². The van der Waals surface area contributed by atoms with Gasteiger partial charge in [0, 0.05) is 69.1 Å². The SMILES string of the molecule is COC1CN([C@H]2C[C@@H](CO[C@H]3CC[C@H](C(=O)O)CC3)N(C(=O)Cc3cc(Cl)c(NC(=O)c4cn(C)c5ccccc45)cc3Cl)C2)C[C@H]1OC. The molecule has 0 bridgehead atoms. The van der Waals surface area contributed by atoms with Gasteiger partial charge in [-0.15, -0.1) is 0 Å². The highest BCUT2D eigenvalue weighted by Crippen LogP contribution is 2.34. The molecule has 0 radical (unpaired) electrons. The molecule has 2 amide bonds. The molecule has 6 rings (SSSR count). The predicted molar refractivity (Wildman–Crippen MR) is 187 cm³/mol. The van der Waals surface area contributed by atoms with Crippen LogP contribution in [0.1, 0.15) is 48.0 Å². The first kappa shape index (κ1) is 35.6. The fourth-order valence-corrected chi connectivity index (χ4v) is 8.13. The standard InChI is InChI=1S/C36H44Cl2N4O7/c1-40-17-27(26-6-4-5-7-31(26)40)35(44)39-30-15-28(37)22(12-29(30)38)13-34(43)42-16-23(41-18-32(47-2)33(19-41)48-3)14-24(42)20-49-25-10-8-21(9-11-25)36(45)46/h4-7,12,15,17,21,23-25,32-33H,8-11,13-14,16,18-20H2,1-3H3,(H,39,44)(H,45,46)/t21-,23-,24-,25-,32+,33?/m0/s1. The lowest BCUT2D eigenvalue weighted by Gasteiger charge is -2.30. The summed E-state index contributed by atoms with van der Waals surface area (Å²) >= 11 is 13.4. The van der Waals surface area contributed by atoms with E-state index in [0.29, 0.717) is 73.8 Å². The van der Waals surface area contributed by atoms with Crippen molar-refractivity contribution < 1.29 is 33.7 Å². The zero-order valence-corrected chi connectivity index (χ0v) is 29.6. The predicted octanol–water partition coefficient (Wildman–Crippen LogP) is 5.26. The smallest absolute Gasteiger partial charge is 0.306 e. The second-order valence-corrected chi connectivity index (χ2v) is 14.3. The number of nitrogens with one attached hydrogen (secondary N) is 1. The first-order valence-corrected chi connectivity index (χ1v) is 17.6. The maximum atomic E-state index is 14.0. The minimum atomic E-state index is -0.748. The summed E-state index contributed by atoms with van der Waals surface area (Å²) in [6, 6.07) is 10.8. The van der Waals surface area contributed by atoms with E-state index in [0.717, 1.165) is 17.3 Å². The Labute approximate surface area is 296 Å². The first-order valence-electron chi connectivity index (χ1n) is 16.8. The van der Waals surface area contributed by atoms with E-state index >= 15 is 0 Å². The van der Waals surface area contributed by atoms with Crippen LogP contribution in [0.4, 0.5) is 5.69 Å². The highest BCUT2D eigenvalue weighted by atomic mass is 35.5. The van der Waals surface area contributed by atoms with Crippen molar-refractivity contribution in [2.45, 2.75) is 68.9 Å². The molecule has 2 N–H and O–H groups in total. The molecule has 1 aromatic heterocycles. The highest BCUT2D eigenvalue weighted by Gasteiger charge is 2.43. The van der Waals surface area contributed by atoms with E-state index in [1.165, 1.54) is 0 Å². The molecule has 2 saturated heterocycles. The average Bonchev–Trinajstić information content (AvgIpc) is 3.81. The Kier molecular flexibility index (Phi) is 11.2. The summed E-state index contributed by atoms with van der Waals surface area (Å²) < 4.78 is 19.6. The van der Waals surface area contributed by atoms with Crippen molar-refractivity contribution in [3.8, 4) is 0 Å². The van der Waals surface area contributed by atoms with E-state index in [1.54, 1.807) is 32.5 Å². The van der Waals surface area contributed by atoms with Crippen LogP contribution in [-0.2, 0) is 37.3 Å². The van der Waals surface area contributed by atoms with E-state index in [-0.39, 0.29) is 59.6 Å². The van der Waals surface area contributed by atoms with Gasteiger partial charge in [-0.2, -0.15) is 0 Å². The highest BCUT2D eigenvalue weighted by molar-refractivity contribution is 6.36. The van der Waals surface area contributed by atoms with E-state index in [4.69, 9.17) is 37.4 Å². The van der Waals surface area contributed by atoms with Crippen molar-refractivity contribution in [2.75, 3.05) is 45.8 Å². The number of carbonyl (C=O) groups excluding carboxylic acids is 2. The summed E-state index contributed by atoms with van der Waals surface area (Å²) in [5.74, 6) is -1.47. The van der Waals surface area contributed by atoms with Gasteiger partial charge in [0.25, 0.3) is 5.91 Å². The van der Waals surface area contributed by atoms with Crippen molar-refractivity contribution in [3.63, 3.8) is 0 Å². The van der Waals surface area contributed by atoms with Gasteiger partial charge in [0.1, 0.15) is 0 Å².